The monoisotopic (exact) mass is 417 g/mol. The highest BCUT2D eigenvalue weighted by molar-refractivity contribution is 5.94. The summed E-state index contributed by atoms with van der Waals surface area (Å²) in [5.41, 5.74) is 3.40. The van der Waals surface area contributed by atoms with Gasteiger partial charge in [-0.05, 0) is 55.9 Å². The molecule has 0 aromatic heterocycles. The van der Waals surface area contributed by atoms with Crippen LogP contribution in [0.1, 0.15) is 21.5 Å². The molecule has 0 fully saturated rings. The number of likely N-dealkylation sites (N-methyl/N-ethyl adjacent to an activating group) is 1. The Morgan fingerprint density at radius 1 is 0.935 bits per heavy atom. The molecule has 160 valence electrons. The number of benzene rings is 3. The van der Waals surface area contributed by atoms with Gasteiger partial charge in [0.05, 0.1) is 12.2 Å². The highest BCUT2D eigenvalue weighted by atomic mass is 16.5. The zero-order chi connectivity index (χ0) is 22.2. The summed E-state index contributed by atoms with van der Waals surface area (Å²) in [5.74, 6) is 1.05. The van der Waals surface area contributed by atoms with E-state index in [2.05, 4.69) is 10.6 Å². The molecule has 0 aliphatic rings. The predicted octanol–water partition coefficient (Wildman–Crippen LogP) is 4.22. The fourth-order valence-corrected chi connectivity index (χ4v) is 3.10. The molecule has 2 amide bonds. The zero-order valence-corrected chi connectivity index (χ0v) is 18.0. The molecule has 0 aliphatic heterocycles. The first-order valence-electron chi connectivity index (χ1n) is 10.1. The number of hydrogen-bond donors (Lipinski definition) is 2. The van der Waals surface area contributed by atoms with Crippen LogP contribution < -0.4 is 15.4 Å². The van der Waals surface area contributed by atoms with Crippen LogP contribution in [-0.4, -0.2) is 37.4 Å². The van der Waals surface area contributed by atoms with E-state index in [9.17, 15) is 9.59 Å². The van der Waals surface area contributed by atoms with E-state index in [1.165, 1.54) is 0 Å². The van der Waals surface area contributed by atoms with Crippen LogP contribution in [0.5, 0.6) is 11.5 Å². The Labute approximate surface area is 182 Å². The molecule has 0 aliphatic carbocycles. The Morgan fingerprint density at radius 3 is 2.29 bits per heavy atom. The second kappa shape index (κ2) is 10.4. The summed E-state index contributed by atoms with van der Waals surface area (Å²) in [6, 6.07) is 22.5. The van der Waals surface area contributed by atoms with E-state index in [-0.39, 0.29) is 18.4 Å². The molecule has 31 heavy (non-hydrogen) atoms. The number of nitrogens with zero attached hydrogens (tertiary/aromatic N) is 1. The van der Waals surface area contributed by atoms with Crippen LogP contribution in [0.4, 0.5) is 5.69 Å². The summed E-state index contributed by atoms with van der Waals surface area (Å²) >= 11 is 0. The summed E-state index contributed by atoms with van der Waals surface area (Å²) < 4.78 is 5.94. The molecule has 3 aromatic carbocycles. The number of carbonyl (C=O) groups excluding carboxylic acids is 2. The molecule has 0 saturated heterocycles. The third-order valence-electron chi connectivity index (χ3n) is 4.72. The lowest BCUT2D eigenvalue weighted by molar-refractivity contribution is -0.117. The minimum Gasteiger partial charge on any atom is -0.455 e. The van der Waals surface area contributed by atoms with Gasteiger partial charge >= 0.3 is 0 Å². The fourth-order valence-electron chi connectivity index (χ4n) is 3.10. The topological polar surface area (TPSA) is 70.7 Å². The van der Waals surface area contributed by atoms with E-state index in [1.807, 2.05) is 79.5 Å². The SMILES string of the molecule is CNC(=O)c1ccc(CN(C)CC(=O)Nc2ccccc2Oc2ccc(C)cc2)cc1. The van der Waals surface area contributed by atoms with Crippen molar-refractivity contribution in [3.05, 3.63) is 89.5 Å². The van der Waals surface area contributed by atoms with Crippen LogP contribution in [0.15, 0.2) is 72.8 Å². The average Bonchev–Trinajstić information content (AvgIpc) is 2.76. The highest BCUT2D eigenvalue weighted by Gasteiger charge is 2.12. The molecule has 3 rings (SSSR count). The van der Waals surface area contributed by atoms with Crippen LogP contribution in [0.2, 0.25) is 0 Å². The van der Waals surface area contributed by atoms with Crippen molar-refractivity contribution in [2.75, 3.05) is 26.0 Å². The fraction of sp³-hybridized carbons (Fsp3) is 0.200. The van der Waals surface area contributed by atoms with E-state index in [1.54, 1.807) is 19.2 Å². The van der Waals surface area contributed by atoms with Gasteiger partial charge in [0.2, 0.25) is 5.91 Å². The second-order valence-corrected chi connectivity index (χ2v) is 7.41. The number of anilines is 1. The van der Waals surface area contributed by atoms with Crippen LogP contribution >= 0.6 is 0 Å². The van der Waals surface area contributed by atoms with E-state index >= 15 is 0 Å². The number of para-hydroxylation sites is 2. The van der Waals surface area contributed by atoms with Gasteiger partial charge in [0.25, 0.3) is 5.91 Å². The number of rotatable bonds is 8. The average molecular weight is 418 g/mol. The normalized spacial score (nSPS) is 10.6. The van der Waals surface area contributed by atoms with E-state index in [4.69, 9.17) is 4.74 Å². The van der Waals surface area contributed by atoms with Crippen LogP contribution in [-0.2, 0) is 11.3 Å². The Balaban J connectivity index is 1.58. The molecule has 0 heterocycles. The molecule has 0 atom stereocenters. The maximum absolute atomic E-state index is 12.6. The summed E-state index contributed by atoms with van der Waals surface area (Å²) in [4.78, 5) is 26.1. The van der Waals surface area contributed by atoms with Gasteiger partial charge in [-0.15, -0.1) is 0 Å². The van der Waals surface area contributed by atoms with Crippen molar-refractivity contribution in [2.45, 2.75) is 13.5 Å². The Kier molecular flexibility index (Phi) is 7.40. The number of hydrogen-bond acceptors (Lipinski definition) is 4. The lowest BCUT2D eigenvalue weighted by atomic mass is 10.1. The third kappa shape index (κ3) is 6.42. The van der Waals surface area contributed by atoms with Crippen molar-refractivity contribution in [1.29, 1.82) is 0 Å². The molecule has 0 radical (unpaired) electrons. The first kappa shape index (κ1) is 22.1. The third-order valence-corrected chi connectivity index (χ3v) is 4.72. The molecule has 6 nitrogen and oxygen atoms in total. The summed E-state index contributed by atoms with van der Waals surface area (Å²) in [7, 11) is 3.48. The van der Waals surface area contributed by atoms with Crippen molar-refractivity contribution in [2.24, 2.45) is 0 Å². The molecule has 6 heteroatoms. The van der Waals surface area contributed by atoms with Gasteiger partial charge in [-0.1, -0.05) is 42.0 Å². The molecule has 0 bridgehead atoms. The van der Waals surface area contributed by atoms with E-state index in [0.717, 1.165) is 11.1 Å². The molecule has 0 saturated carbocycles. The number of ether oxygens (including phenoxy) is 1. The van der Waals surface area contributed by atoms with Crippen LogP contribution in [0.25, 0.3) is 0 Å². The number of aryl methyl sites for hydroxylation is 1. The number of nitrogens with one attached hydrogen (secondary N) is 2. The lowest BCUT2D eigenvalue weighted by Crippen LogP contribution is -2.30. The molecular weight excluding hydrogens is 390 g/mol. The largest absolute Gasteiger partial charge is 0.455 e. The van der Waals surface area contributed by atoms with Gasteiger partial charge in [-0.3, -0.25) is 14.5 Å². The van der Waals surface area contributed by atoms with Gasteiger partial charge in [0.1, 0.15) is 5.75 Å². The Hall–Kier alpha value is -3.64. The molecule has 0 unspecified atom stereocenters. The quantitative estimate of drug-likeness (QED) is 0.576. The predicted molar refractivity (Wildman–Crippen MR) is 122 cm³/mol. The Bertz CT molecular complexity index is 1030. The highest BCUT2D eigenvalue weighted by Crippen LogP contribution is 2.29. The van der Waals surface area contributed by atoms with Gasteiger partial charge in [0.15, 0.2) is 5.75 Å². The second-order valence-electron chi connectivity index (χ2n) is 7.41. The Morgan fingerprint density at radius 2 is 1.61 bits per heavy atom. The minimum absolute atomic E-state index is 0.120. The maximum atomic E-state index is 12.6. The molecular formula is C25H27N3O3. The maximum Gasteiger partial charge on any atom is 0.251 e. The van der Waals surface area contributed by atoms with Gasteiger partial charge in [0, 0.05) is 19.2 Å². The number of amides is 2. The van der Waals surface area contributed by atoms with Crippen molar-refractivity contribution in [3.8, 4) is 11.5 Å². The standard InChI is InChI=1S/C25H27N3O3/c1-18-8-14-21(15-9-18)31-23-7-5-4-6-22(23)27-24(29)17-28(3)16-19-10-12-20(13-11-19)25(30)26-2/h4-15H,16-17H2,1-3H3,(H,26,30)(H,27,29). The molecule has 3 aromatic rings. The van der Waals surface area contributed by atoms with Crippen LogP contribution in [0, 0.1) is 6.92 Å². The van der Waals surface area contributed by atoms with Crippen molar-refractivity contribution < 1.29 is 14.3 Å². The van der Waals surface area contributed by atoms with Crippen molar-refractivity contribution in [3.63, 3.8) is 0 Å². The smallest absolute Gasteiger partial charge is 0.251 e. The van der Waals surface area contributed by atoms with Crippen molar-refractivity contribution in [1.82, 2.24) is 10.2 Å². The van der Waals surface area contributed by atoms with Crippen molar-refractivity contribution >= 4 is 17.5 Å². The minimum atomic E-state index is -0.135. The van der Waals surface area contributed by atoms with Crippen LogP contribution in [0.3, 0.4) is 0 Å². The van der Waals surface area contributed by atoms with Gasteiger partial charge in [-0.2, -0.15) is 0 Å². The molecule has 0 spiro atoms. The summed E-state index contributed by atoms with van der Waals surface area (Å²) in [5, 5.41) is 5.53. The van der Waals surface area contributed by atoms with E-state index in [0.29, 0.717) is 29.3 Å². The number of carbonyl (C=O) groups is 2. The molecule has 2 N–H and O–H groups in total. The summed E-state index contributed by atoms with van der Waals surface area (Å²) in [6.45, 7) is 2.82. The van der Waals surface area contributed by atoms with Gasteiger partial charge in [-0.25, -0.2) is 0 Å². The summed E-state index contributed by atoms with van der Waals surface area (Å²) in [6.07, 6.45) is 0. The first-order chi connectivity index (χ1) is 14.9. The van der Waals surface area contributed by atoms with E-state index < -0.39 is 0 Å². The lowest BCUT2D eigenvalue weighted by Gasteiger charge is -2.18. The zero-order valence-electron chi connectivity index (χ0n) is 18.0. The van der Waals surface area contributed by atoms with Gasteiger partial charge < -0.3 is 15.4 Å². The first-order valence-corrected chi connectivity index (χ1v) is 10.1.